The molecule has 0 bridgehead atoms. The molecule has 6 nitrogen and oxygen atoms in total. The van der Waals surface area contributed by atoms with Crippen molar-refractivity contribution in [1.29, 1.82) is 0 Å². The first-order valence-corrected chi connectivity index (χ1v) is 11.8. The second kappa shape index (κ2) is 9.25. The molecule has 2 aliphatic rings. The molecule has 1 amide bonds. The van der Waals surface area contributed by atoms with E-state index in [1.54, 1.807) is 18.2 Å². The molecule has 0 aliphatic carbocycles. The van der Waals surface area contributed by atoms with Gasteiger partial charge in [-0.2, -0.15) is 0 Å². The number of fused-ring (bicyclic) bond motifs is 3. The van der Waals surface area contributed by atoms with Crippen molar-refractivity contribution < 1.29 is 4.79 Å². The van der Waals surface area contributed by atoms with Crippen LogP contribution in [0.5, 0.6) is 0 Å². The number of rotatable bonds is 5. The molecule has 2 aliphatic heterocycles. The maximum atomic E-state index is 12.9. The molecule has 5 rings (SSSR count). The van der Waals surface area contributed by atoms with E-state index in [2.05, 4.69) is 34.5 Å². The molecule has 1 aromatic heterocycles. The van der Waals surface area contributed by atoms with Gasteiger partial charge in [0.05, 0.1) is 10.9 Å². The van der Waals surface area contributed by atoms with Crippen LogP contribution in [-0.4, -0.2) is 40.0 Å². The molecule has 0 unspecified atom stereocenters. The molecule has 2 aromatic carbocycles. The van der Waals surface area contributed by atoms with Crippen LogP contribution in [0.25, 0.3) is 10.9 Å². The third-order valence-electron chi connectivity index (χ3n) is 6.73. The van der Waals surface area contributed by atoms with E-state index in [-0.39, 0.29) is 11.5 Å². The number of carbonyl (C=O) groups excluding carboxylic acids is 1. The number of carbonyl (C=O) groups is 1. The van der Waals surface area contributed by atoms with Crippen LogP contribution in [-0.2, 0) is 25.9 Å². The first-order chi connectivity index (χ1) is 15.7. The van der Waals surface area contributed by atoms with Crippen LogP contribution in [0.1, 0.15) is 53.0 Å². The lowest BCUT2D eigenvalue weighted by molar-refractivity contribution is 0.0951. The van der Waals surface area contributed by atoms with Crippen molar-refractivity contribution in [3.05, 3.63) is 75.3 Å². The highest BCUT2D eigenvalue weighted by atomic mass is 16.1. The second-order valence-corrected chi connectivity index (χ2v) is 8.93. The zero-order valence-electron chi connectivity index (χ0n) is 18.5. The predicted molar refractivity (Wildman–Crippen MR) is 126 cm³/mol. The van der Waals surface area contributed by atoms with Gasteiger partial charge in [-0.1, -0.05) is 30.7 Å². The minimum Gasteiger partial charge on any atom is -0.352 e. The van der Waals surface area contributed by atoms with Gasteiger partial charge in [0.25, 0.3) is 11.5 Å². The highest BCUT2D eigenvalue weighted by Crippen LogP contribution is 2.19. The topological polar surface area (TPSA) is 67.2 Å². The van der Waals surface area contributed by atoms with Gasteiger partial charge in [-0.15, -0.1) is 0 Å². The summed E-state index contributed by atoms with van der Waals surface area (Å²) < 4.78 is 1.81. The summed E-state index contributed by atoms with van der Waals surface area (Å²) in [6.45, 7) is 4.40. The monoisotopic (exact) mass is 430 g/mol. The first-order valence-electron chi connectivity index (χ1n) is 11.8. The average Bonchev–Trinajstić information content (AvgIpc) is 3.07. The van der Waals surface area contributed by atoms with Crippen molar-refractivity contribution in [2.45, 2.75) is 51.6 Å². The number of nitrogens with zero attached hydrogens (tertiary/aromatic N) is 3. The molecule has 166 valence electrons. The Labute approximate surface area is 188 Å². The Hall–Kier alpha value is -2.99. The Balaban J connectivity index is 1.19. The van der Waals surface area contributed by atoms with Crippen molar-refractivity contribution in [3.8, 4) is 0 Å². The number of aryl methyl sites for hydroxylation is 1. The fourth-order valence-corrected chi connectivity index (χ4v) is 4.91. The van der Waals surface area contributed by atoms with E-state index in [4.69, 9.17) is 4.98 Å². The summed E-state index contributed by atoms with van der Waals surface area (Å²) in [5.74, 6) is 0.744. The zero-order chi connectivity index (χ0) is 21.9. The number of amides is 1. The normalized spacial score (nSPS) is 16.2. The Kier molecular flexibility index (Phi) is 6.04. The van der Waals surface area contributed by atoms with Crippen molar-refractivity contribution in [3.63, 3.8) is 0 Å². The average molecular weight is 431 g/mol. The molecule has 3 heterocycles. The van der Waals surface area contributed by atoms with Crippen LogP contribution in [0.4, 0.5) is 0 Å². The van der Waals surface area contributed by atoms with Crippen molar-refractivity contribution in [2.75, 3.05) is 19.6 Å². The summed E-state index contributed by atoms with van der Waals surface area (Å²) in [6, 6.07) is 13.9. The number of hydrogen-bond acceptors (Lipinski definition) is 4. The van der Waals surface area contributed by atoms with Crippen molar-refractivity contribution in [2.24, 2.45) is 0 Å². The molecule has 0 atom stereocenters. The Morgan fingerprint density at radius 2 is 1.88 bits per heavy atom. The lowest BCUT2D eigenvalue weighted by Crippen LogP contribution is -2.33. The maximum Gasteiger partial charge on any atom is 0.261 e. The van der Waals surface area contributed by atoms with Gasteiger partial charge in [-0.3, -0.25) is 19.1 Å². The van der Waals surface area contributed by atoms with Gasteiger partial charge in [0.1, 0.15) is 5.82 Å². The smallest absolute Gasteiger partial charge is 0.261 e. The largest absolute Gasteiger partial charge is 0.352 e. The van der Waals surface area contributed by atoms with Gasteiger partial charge in [-0.05, 0) is 55.0 Å². The van der Waals surface area contributed by atoms with Crippen LogP contribution in [0.3, 0.4) is 0 Å². The van der Waals surface area contributed by atoms with E-state index in [0.29, 0.717) is 23.0 Å². The van der Waals surface area contributed by atoms with Crippen molar-refractivity contribution >= 4 is 16.8 Å². The van der Waals surface area contributed by atoms with Gasteiger partial charge in [0.2, 0.25) is 0 Å². The molecule has 0 radical (unpaired) electrons. The number of hydrogen-bond donors (Lipinski definition) is 1. The van der Waals surface area contributed by atoms with Crippen LogP contribution < -0.4 is 10.9 Å². The summed E-state index contributed by atoms with van der Waals surface area (Å²) in [7, 11) is 0. The van der Waals surface area contributed by atoms with Gasteiger partial charge < -0.3 is 5.32 Å². The van der Waals surface area contributed by atoms with E-state index in [1.807, 2.05) is 4.57 Å². The molecule has 3 aromatic rings. The third-order valence-corrected chi connectivity index (χ3v) is 6.73. The van der Waals surface area contributed by atoms with Crippen molar-refractivity contribution in [1.82, 2.24) is 19.8 Å². The molecule has 6 heteroatoms. The predicted octanol–water partition coefficient (Wildman–Crippen LogP) is 3.30. The number of aromatic nitrogens is 2. The van der Waals surface area contributed by atoms with Gasteiger partial charge in [0.15, 0.2) is 0 Å². The van der Waals surface area contributed by atoms with E-state index < -0.39 is 0 Å². The maximum absolute atomic E-state index is 12.9. The van der Waals surface area contributed by atoms with E-state index in [9.17, 15) is 9.59 Å². The van der Waals surface area contributed by atoms with Crippen LogP contribution in [0.2, 0.25) is 0 Å². The fraction of sp³-hybridized carbons (Fsp3) is 0.423. The molecule has 0 fully saturated rings. The third kappa shape index (κ3) is 4.32. The standard InChI is InChI=1S/C26H30N4O2/c31-25(27-13-6-14-29-16-12-19-7-3-4-8-21(19)18-29)20-10-11-22-23(17-20)28-24-9-2-1-5-15-30(24)26(22)32/h3-4,7-8,10-11,17H,1-2,5-6,9,12-16,18H2,(H,27,31). The lowest BCUT2D eigenvalue weighted by atomic mass is 10.00. The molecular formula is C26H30N4O2. The zero-order valence-corrected chi connectivity index (χ0v) is 18.5. The number of benzene rings is 2. The quantitative estimate of drug-likeness (QED) is 0.631. The first kappa shape index (κ1) is 20.9. The Bertz CT molecular complexity index is 1200. The molecular weight excluding hydrogens is 400 g/mol. The fourth-order valence-electron chi connectivity index (χ4n) is 4.91. The lowest BCUT2D eigenvalue weighted by Gasteiger charge is -2.28. The van der Waals surface area contributed by atoms with E-state index in [1.165, 1.54) is 11.1 Å². The van der Waals surface area contributed by atoms with E-state index in [0.717, 1.165) is 70.5 Å². The summed E-state index contributed by atoms with van der Waals surface area (Å²) in [6.07, 6.45) is 6.02. The molecule has 0 saturated carbocycles. The van der Waals surface area contributed by atoms with Gasteiger partial charge in [-0.25, -0.2) is 4.98 Å². The number of nitrogens with one attached hydrogen (secondary N) is 1. The molecule has 1 N–H and O–H groups in total. The van der Waals surface area contributed by atoms with E-state index >= 15 is 0 Å². The highest BCUT2D eigenvalue weighted by molar-refractivity contribution is 5.97. The van der Waals surface area contributed by atoms with Gasteiger partial charge >= 0.3 is 0 Å². The Morgan fingerprint density at radius 1 is 1.00 bits per heavy atom. The summed E-state index contributed by atoms with van der Waals surface area (Å²) in [5.41, 5.74) is 4.08. The summed E-state index contributed by atoms with van der Waals surface area (Å²) in [5, 5.41) is 3.63. The second-order valence-electron chi connectivity index (χ2n) is 8.93. The SMILES string of the molecule is O=C(NCCCN1CCc2ccccc2C1)c1ccc2c(=O)n3c(nc2c1)CCCCC3. The highest BCUT2D eigenvalue weighted by Gasteiger charge is 2.17. The van der Waals surface area contributed by atoms with Gasteiger partial charge in [0, 0.05) is 44.7 Å². The molecule has 0 spiro atoms. The minimum atomic E-state index is -0.104. The summed E-state index contributed by atoms with van der Waals surface area (Å²) >= 11 is 0. The molecule has 0 saturated heterocycles. The van der Waals surface area contributed by atoms with Crippen LogP contribution in [0, 0.1) is 0 Å². The molecule has 32 heavy (non-hydrogen) atoms. The van der Waals surface area contributed by atoms with Crippen LogP contribution >= 0.6 is 0 Å². The Morgan fingerprint density at radius 3 is 2.78 bits per heavy atom. The minimum absolute atomic E-state index is 0.0157. The summed E-state index contributed by atoms with van der Waals surface area (Å²) in [4.78, 5) is 32.7. The van der Waals surface area contributed by atoms with Crippen LogP contribution in [0.15, 0.2) is 47.3 Å².